The van der Waals surface area contributed by atoms with Crippen LogP contribution in [0.3, 0.4) is 0 Å². The first kappa shape index (κ1) is 16.7. The minimum absolute atomic E-state index is 0.00959. The molecule has 0 amide bonds. The number of rotatable bonds is 4. The maximum atomic E-state index is 13.2. The Morgan fingerprint density at radius 3 is 2.83 bits per heavy atom. The average molecular weight is 386 g/mol. The van der Waals surface area contributed by atoms with Gasteiger partial charge < -0.3 is 18.8 Å². The number of aromatic nitrogens is 1. The number of nitrogens with zero attached hydrogens (tertiary/aromatic N) is 1. The number of methoxy groups -OCH3 is 2. The van der Waals surface area contributed by atoms with E-state index in [0.29, 0.717) is 29.8 Å². The van der Waals surface area contributed by atoms with Crippen LogP contribution in [-0.2, 0) is 9.47 Å². The molecule has 0 N–H and O–H groups in total. The molecule has 0 saturated carbocycles. The van der Waals surface area contributed by atoms with E-state index in [1.807, 2.05) is 11.5 Å². The van der Waals surface area contributed by atoms with Gasteiger partial charge in [-0.2, -0.15) is 0 Å². The molecule has 1 fully saturated rings. The molecule has 6 nitrogen and oxygen atoms in total. The lowest BCUT2D eigenvalue weighted by molar-refractivity contribution is -0.0222. The Bertz CT molecular complexity index is 700. The number of ether oxygens (including phenoxy) is 3. The van der Waals surface area contributed by atoms with E-state index < -0.39 is 5.41 Å². The van der Waals surface area contributed by atoms with E-state index in [1.165, 1.54) is 7.11 Å². The molecule has 7 heteroatoms. The van der Waals surface area contributed by atoms with Crippen molar-refractivity contribution in [3.8, 4) is 5.75 Å². The molecule has 2 aliphatic rings. The fourth-order valence-electron chi connectivity index (χ4n) is 3.69. The highest BCUT2D eigenvalue weighted by molar-refractivity contribution is 9.10. The highest BCUT2D eigenvalue weighted by Gasteiger charge is 2.54. The average Bonchev–Trinajstić information content (AvgIpc) is 3.03. The molecule has 0 bridgehead atoms. The summed E-state index contributed by atoms with van der Waals surface area (Å²) in [7, 11) is 3.03. The lowest BCUT2D eigenvalue weighted by atomic mass is 9.70. The zero-order valence-electron chi connectivity index (χ0n) is 13.4. The first-order valence-electron chi connectivity index (χ1n) is 7.59. The zero-order chi connectivity index (χ0) is 16.8. The van der Waals surface area contributed by atoms with Gasteiger partial charge in [-0.3, -0.25) is 9.59 Å². The van der Waals surface area contributed by atoms with E-state index in [1.54, 1.807) is 13.3 Å². The minimum atomic E-state index is -0.731. The fraction of sp³-hybridized carbons (Fsp3) is 0.625. The third-order valence-corrected chi connectivity index (χ3v) is 5.52. The second kappa shape index (κ2) is 6.03. The molecule has 1 saturated heterocycles. The molecule has 0 aromatic carbocycles. The SMILES string of the molecule is COCCC1(C)C(=O)c2c(OC)c(=O)c(Br)cn2C2CCOC21. The summed E-state index contributed by atoms with van der Waals surface area (Å²) in [6.45, 7) is 2.95. The Morgan fingerprint density at radius 2 is 2.17 bits per heavy atom. The van der Waals surface area contributed by atoms with Crippen LogP contribution in [0.2, 0.25) is 0 Å². The molecule has 1 aromatic heterocycles. The van der Waals surface area contributed by atoms with E-state index in [2.05, 4.69) is 15.9 Å². The standard InChI is InChI=1S/C16H20BrNO5/c1-16(5-7-21-2)14(20)11-13(22-3)12(19)9(17)8-18(11)10-4-6-23-15(10)16/h8,10,15H,4-7H2,1-3H3. The van der Waals surface area contributed by atoms with Crippen molar-refractivity contribution in [2.75, 3.05) is 27.4 Å². The van der Waals surface area contributed by atoms with E-state index in [4.69, 9.17) is 14.2 Å². The molecule has 3 rings (SSSR count). The molecule has 126 valence electrons. The van der Waals surface area contributed by atoms with Gasteiger partial charge in [-0.05, 0) is 35.7 Å². The summed E-state index contributed by atoms with van der Waals surface area (Å²) in [6.07, 6.45) is 2.79. The van der Waals surface area contributed by atoms with Crippen molar-refractivity contribution < 1.29 is 19.0 Å². The van der Waals surface area contributed by atoms with Crippen LogP contribution in [0.4, 0.5) is 0 Å². The molecule has 0 radical (unpaired) electrons. The fourth-order valence-corrected chi connectivity index (χ4v) is 4.09. The zero-order valence-corrected chi connectivity index (χ0v) is 15.0. The third-order valence-electron chi connectivity index (χ3n) is 4.96. The van der Waals surface area contributed by atoms with Crippen molar-refractivity contribution in [2.24, 2.45) is 5.41 Å². The Morgan fingerprint density at radius 1 is 1.43 bits per heavy atom. The van der Waals surface area contributed by atoms with Crippen molar-refractivity contribution in [3.63, 3.8) is 0 Å². The number of ketones is 1. The van der Waals surface area contributed by atoms with Gasteiger partial charge in [-0.15, -0.1) is 0 Å². The van der Waals surface area contributed by atoms with Crippen molar-refractivity contribution in [1.82, 2.24) is 4.57 Å². The molecule has 3 atom stereocenters. The summed E-state index contributed by atoms with van der Waals surface area (Å²) in [5, 5.41) is 0. The van der Waals surface area contributed by atoms with E-state index in [-0.39, 0.29) is 29.1 Å². The Kier molecular flexibility index (Phi) is 4.37. The van der Waals surface area contributed by atoms with Crippen LogP contribution in [0.25, 0.3) is 0 Å². The van der Waals surface area contributed by atoms with Crippen molar-refractivity contribution in [3.05, 3.63) is 26.6 Å². The maximum absolute atomic E-state index is 13.2. The monoisotopic (exact) mass is 385 g/mol. The normalized spacial score (nSPS) is 29.3. The summed E-state index contributed by atoms with van der Waals surface area (Å²) in [6, 6.07) is 0.00959. The van der Waals surface area contributed by atoms with E-state index >= 15 is 0 Å². The van der Waals surface area contributed by atoms with Gasteiger partial charge in [0.2, 0.25) is 5.43 Å². The second-order valence-corrected chi connectivity index (χ2v) is 7.09. The summed E-state index contributed by atoms with van der Waals surface area (Å²) in [5.74, 6) is -0.0301. The Balaban J connectivity index is 2.23. The largest absolute Gasteiger partial charge is 0.491 e. The summed E-state index contributed by atoms with van der Waals surface area (Å²) in [4.78, 5) is 25.6. The second-order valence-electron chi connectivity index (χ2n) is 6.23. The molecule has 2 aliphatic heterocycles. The van der Waals surface area contributed by atoms with Gasteiger partial charge >= 0.3 is 0 Å². The molecule has 0 spiro atoms. The number of halogens is 1. The summed E-state index contributed by atoms with van der Waals surface area (Å²) in [5.41, 5.74) is -0.699. The number of hydrogen-bond donors (Lipinski definition) is 0. The number of pyridine rings is 1. The van der Waals surface area contributed by atoms with Gasteiger partial charge in [-0.1, -0.05) is 0 Å². The Hall–Kier alpha value is -1.18. The first-order valence-corrected chi connectivity index (χ1v) is 8.39. The predicted octanol–water partition coefficient (Wildman–Crippen LogP) is 2.19. The van der Waals surface area contributed by atoms with Crippen molar-refractivity contribution >= 4 is 21.7 Å². The minimum Gasteiger partial charge on any atom is -0.491 e. The highest BCUT2D eigenvalue weighted by Crippen LogP contribution is 2.48. The lowest BCUT2D eigenvalue weighted by Gasteiger charge is -2.43. The quantitative estimate of drug-likeness (QED) is 0.794. The molecule has 23 heavy (non-hydrogen) atoms. The van der Waals surface area contributed by atoms with Crippen LogP contribution in [-0.4, -0.2) is 43.9 Å². The molecule has 3 unspecified atom stereocenters. The number of carbonyl (C=O) groups excluding carboxylic acids is 1. The molecular weight excluding hydrogens is 366 g/mol. The topological polar surface area (TPSA) is 66.8 Å². The lowest BCUT2D eigenvalue weighted by Crippen LogP contribution is -2.50. The maximum Gasteiger partial charge on any atom is 0.238 e. The van der Waals surface area contributed by atoms with Crippen LogP contribution >= 0.6 is 15.9 Å². The molecular formula is C16H20BrNO5. The van der Waals surface area contributed by atoms with Gasteiger partial charge in [0.15, 0.2) is 11.5 Å². The van der Waals surface area contributed by atoms with Gasteiger partial charge in [0.05, 0.1) is 29.1 Å². The third kappa shape index (κ3) is 2.37. The van der Waals surface area contributed by atoms with Gasteiger partial charge in [0.25, 0.3) is 0 Å². The van der Waals surface area contributed by atoms with Crippen molar-refractivity contribution in [2.45, 2.75) is 31.9 Å². The van der Waals surface area contributed by atoms with Gasteiger partial charge in [0.1, 0.15) is 5.69 Å². The predicted molar refractivity (Wildman–Crippen MR) is 87.3 cm³/mol. The molecule has 1 aromatic rings. The molecule has 3 heterocycles. The van der Waals surface area contributed by atoms with E-state index in [9.17, 15) is 9.59 Å². The summed E-state index contributed by atoms with van der Waals surface area (Å²) < 4.78 is 18.6. The number of carbonyl (C=O) groups is 1. The van der Waals surface area contributed by atoms with Crippen LogP contribution in [0, 0.1) is 5.41 Å². The summed E-state index contributed by atoms with van der Waals surface area (Å²) >= 11 is 3.27. The molecule has 0 aliphatic carbocycles. The van der Waals surface area contributed by atoms with Gasteiger partial charge in [-0.25, -0.2) is 0 Å². The Labute approximate surface area is 142 Å². The van der Waals surface area contributed by atoms with Gasteiger partial charge in [0, 0.05) is 26.5 Å². The van der Waals surface area contributed by atoms with Crippen molar-refractivity contribution in [1.29, 1.82) is 0 Å². The number of fused-ring (bicyclic) bond motifs is 3. The first-order chi connectivity index (χ1) is 11.0. The number of Topliss-reactive ketones (excluding diaryl/α,β-unsaturated/α-hetero) is 1. The van der Waals surface area contributed by atoms with Crippen LogP contribution < -0.4 is 10.2 Å². The van der Waals surface area contributed by atoms with Crippen LogP contribution in [0.1, 0.15) is 36.3 Å². The van der Waals surface area contributed by atoms with Crippen LogP contribution in [0.15, 0.2) is 15.5 Å². The highest BCUT2D eigenvalue weighted by atomic mass is 79.9. The smallest absolute Gasteiger partial charge is 0.238 e. The van der Waals surface area contributed by atoms with E-state index in [0.717, 1.165) is 6.42 Å². The number of hydrogen-bond acceptors (Lipinski definition) is 5. The van der Waals surface area contributed by atoms with Crippen LogP contribution in [0.5, 0.6) is 5.75 Å².